The minimum atomic E-state index is -0.640. The molecule has 0 saturated carbocycles. The summed E-state index contributed by atoms with van der Waals surface area (Å²) in [7, 11) is 0. The summed E-state index contributed by atoms with van der Waals surface area (Å²) in [6.07, 6.45) is 1.83. The molecule has 2 aromatic carbocycles. The molecule has 0 saturated heterocycles. The fraction of sp³-hybridized carbons (Fsp3) is 0.133. The molecule has 22 heavy (non-hydrogen) atoms. The number of benzene rings is 2. The molecule has 0 aliphatic heterocycles. The summed E-state index contributed by atoms with van der Waals surface area (Å²) in [6, 6.07) is 13.7. The van der Waals surface area contributed by atoms with Gasteiger partial charge in [0.1, 0.15) is 5.56 Å². The van der Waals surface area contributed by atoms with Gasteiger partial charge in [0.05, 0.1) is 11.5 Å². The van der Waals surface area contributed by atoms with Gasteiger partial charge in [0, 0.05) is 11.0 Å². The van der Waals surface area contributed by atoms with E-state index < -0.39 is 10.8 Å². The number of nitro benzene ring substituents is 1. The molecule has 0 aliphatic carbocycles. The molecule has 0 unspecified atom stereocenters. The molecule has 1 N–H and O–H groups in total. The minimum Gasteiger partial charge on any atom is -0.269 e. The largest absolute Gasteiger partial charge is 0.282 e. The molecular weight excluding hydrogens is 304 g/mol. The minimum absolute atomic E-state index is 0.0232. The number of hydrogen-bond donors (Lipinski definition) is 1. The van der Waals surface area contributed by atoms with Crippen LogP contribution in [0.4, 0.5) is 5.69 Å². The predicted octanol–water partition coefficient (Wildman–Crippen LogP) is 3.18. The fourth-order valence-corrected chi connectivity index (χ4v) is 2.24. The fourth-order valence-electron chi connectivity index (χ4n) is 1.80. The highest BCUT2D eigenvalue weighted by Crippen LogP contribution is 2.24. The van der Waals surface area contributed by atoms with Gasteiger partial charge in [0.2, 0.25) is 0 Å². The zero-order chi connectivity index (χ0) is 15.9. The third-order valence-corrected chi connectivity index (χ3v) is 3.62. The SMILES string of the molecule is CSc1ccc([N+](=O)[O-])c(C(=O)NOCc2ccccc2)c1. The van der Waals surface area contributed by atoms with Crippen molar-refractivity contribution in [1.29, 1.82) is 0 Å². The monoisotopic (exact) mass is 318 g/mol. The number of nitrogens with zero attached hydrogens (tertiary/aromatic N) is 1. The van der Waals surface area contributed by atoms with Crippen molar-refractivity contribution in [2.45, 2.75) is 11.5 Å². The van der Waals surface area contributed by atoms with Crippen LogP contribution in [0.3, 0.4) is 0 Å². The summed E-state index contributed by atoms with van der Waals surface area (Å²) in [6.45, 7) is 0.183. The van der Waals surface area contributed by atoms with Gasteiger partial charge < -0.3 is 0 Å². The summed E-state index contributed by atoms with van der Waals surface area (Å²) in [5.41, 5.74) is 2.85. The van der Waals surface area contributed by atoms with E-state index in [1.165, 1.54) is 23.9 Å². The Balaban J connectivity index is 2.06. The van der Waals surface area contributed by atoms with Gasteiger partial charge >= 0.3 is 0 Å². The Bertz CT molecular complexity index is 676. The number of nitrogens with one attached hydrogen (secondary N) is 1. The molecule has 0 radical (unpaired) electrons. The predicted molar refractivity (Wildman–Crippen MR) is 83.6 cm³/mol. The second kappa shape index (κ2) is 7.58. The van der Waals surface area contributed by atoms with Crippen LogP contribution >= 0.6 is 11.8 Å². The molecule has 0 bridgehead atoms. The smallest absolute Gasteiger partial charge is 0.269 e. The van der Waals surface area contributed by atoms with Gasteiger partial charge in [-0.05, 0) is 24.0 Å². The lowest BCUT2D eigenvalue weighted by atomic mass is 10.2. The van der Waals surface area contributed by atoms with Crippen LogP contribution in [0.15, 0.2) is 53.4 Å². The van der Waals surface area contributed by atoms with Crippen LogP contribution in [0, 0.1) is 10.1 Å². The van der Waals surface area contributed by atoms with Crippen molar-refractivity contribution in [2.24, 2.45) is 0 Å². The van der Waals surface area contributed by atoms with Crippen molar-refractivity contribution in [2.75, 3.05) is 6.26 Å². The summed E-state index contributed by atoms with van der Waals surface area (Å²) in [5, 5.41) is 11.0. The Morgan fingerprint density at radius 3 is 2.64 bits per heavy atom. The molecule has 0 atom stereocenters. The lowest BCUT2D eigenvalue weighted by molar-refractivity contribution is -0.385. The second-order valence-corrected chi connectivity index (χ2v) is 5.23. The highest BCUT2D eigenvalue weighted by Gasteiger charge is 2.20. The van der Waals surface area contributed by atoms with Crippen molar-refractivity contribution < 1.29 is 14.6 Å². The third-order valence-electron chi connectivity index (χ3n) is 2.89. The number of carbonyl (C=O) groups excluding carboxylic acids is 1. The van der Waals surface area contributed by atoms with Crippen LogP contribution in [0.2, 0.25) is 0 Å². The van der Waals surface area contributed by atoms with Crippen molar-refractivity contribution in [1.82, 2.24) is 5.48 Å². The molecule has 0 spiro atoms. The normalized spacial score (nSPS) is 10.2. The molecule has 114 valence electrons. The third kappa shape index (κ3) is 4.06. The molecule has 2 aromatic rings. The Morgan fingerprint density at radius 1 is 1.27 bits per heavy atom. The molecule has 2 rings (SSSR count). The van der Waals surface area contributed by atoms with Crippen LogP contribution in [-0.4, -0.2) is 17.1 Å². The van der Waals surface area contributed by atoms with Gasteiger partial charge in [0.25, 0.3) is 11.6 Å². The first kappa shape index (κ1) is 16.0. The lowest BCUT2D eigenvalue weighted by Crippen LogP contribution is -2.24. The number of hydroxylamine groups is 1. The van der Waals surface area contributed by atoms with E-state index in [4.69, 9.17) is 4.84 Å². The number of amides is 1. The number of thioether (sulfide) groups is 1. The molecule has 0 aromatic heterocycles. The second-order valence-electron chi connectivity index (χ2n) is 4.35. The molecule has 7 heteroatoms. The topological polar surface area (TPSA) is 81.5 Å². The zero-order valence-electron chi connectivity index (χ0n) is 11.8. The maximum atomic E-state index is 12.1. The van der Waals surface area contributed by atoms with Gasteiger partial charge in [-0.15, -0.1) is 11.8 Å². The van der Waals surface area contributed by atoms with Crippen LogP contribution in [0.25, 0.3) is 0 Å². The Hall–Kier alpha value is -2.38. The lowest BCUT2D eigenvalue weighted by Gasteiger charge is -2.07. The van der Waals surface area contributed by atoms with E-state index in [-0.39, 0.29) is 17.9 Å². The first-order valence-electron chi connectivity index (χ1n) is 6.40. The maximum absolute atomic E-state index is 12.1. The zero-order valence-corrected chi connectivity index (χ0v) is 12.6. The van der Waals surface area contributed by atoms with E-state index in [1.54, 1.807) is 6.07 Å². The molecule has 0 fully saturated rings. The molecule has 1 amide bonds. The van der Waals surface area contributed by atoms with E-state index in [0.717, 1.165) is 10.5 Å². The van der Waals surface area contributed by atoms with Crippen molar-refractivity contribution >= 4 is 23.4 Å². The van der Waals surface area contributed by atoms with Crippen LogP contribution in [-0.2, 0) is 11.4 Å². The quantitative estimate of drug-likeness (QED) is 0.502. The van der Waals surface area contributed by atoms with Gasteiger partial charge in [-0.2, -0.15) is 0 Å². The molecule has 0 aliphatic rings. The number of hydrogen-bond acceptors (Lipinski definition) is 5. The van der Waals surface area contributed by atoms with Crippen LogP contribution < -0.4 is 5.48 Å². The summed E-state index contributed by atoms with van der Waals surface area (Å²) >= 11 is 1.40. The van der Waals surface area contributed by atoms with Crippen LogP contribution in [0.1, 0.15) is 15.9 Å². The summed E-state index contributed by atoms with van der Waals surface area (Å²) in [5.74, 6) is -0.640. The summed E-state index contributed by atoms with van der Waals surface area (Å²) < 4.78 is 0. The van der Waals surface area contributed by atoms with E-state index >= 15 is 0 Å². The first-order valence-corrected chi connectivity index (χ1v) is 7.63. The average molecular weight is 318 g/mol. The molecule has 6 nitrogen and oxygen atoms in total. The van der Waals surface area contributed by atoms with Gasteiger partial charge in [-0.3, -0.25) is 19.7 Å². The number of carbonyl (C=O) groups is 1. The van der Waals surface area contributed by atoms with Gasteiger partial charge in [-0.25, -0.2) is 5.48 Å². The Morgan fingerprint density at radius 2 is 2.00 bits per heavy atom. The number of nitro groups is 1. The van der Waals surface area contributed by atoms with Crippen molar-refractivity contribution in [3.8, 4) is 0 Å². The van der Waals surface area contributed by atoms with E-state index in [1.807, 2.05) is 36.6 Å². The first-order chi connectivity index (χ1) is 10.6. The van der Waals surface area contributed by atoms with Gasteiger partial charge in [-0.1, -0.05) is 30.3 Å². The van der Waals surface area contributed by atoms with E-state index in [2.05, 4.69) is 5.48 Å². The van der Waals surface area contributed by atoms with Crippen LogP contribution in [0.5, 0.6) is 0 Å². The average Bonchev–Trinajstić information content (AvgIpc) is 2.55. The summed E-state index contributed by atoms with van der Waals surface area (Å²) in [4.78, 5) is 28.4. The highest BCUT2D eigenvalue weighted by atomic mass is 32.2. The highest BCUT2D eigenvalue weighted by molar-refractivity contribution is 7.98. The van der Waals surface area contributed by atoms with Crippen molar-refractivity contribution in [3.63, 3.8) is 0 Å². The van der Waals surface area contributed by atoms with E-state index in [9.17, 15) is 14.9 Å². The molecular formula is C15H14N2O4S. The van der Waals surface area contributed by atoms with E-state index in [0.29, 0.717) is 0 Å². The standard InChI is InChI=1S/C15H14N2O4S/c1-22-12-7-8-14(17(19)20)13(9-12)15(18)16-21-10-11-5-3-2-4-6-11/h2-9H,10H2,1H3,(H,16,18). The van der Waals surface area contributed by atoms with Gasteiger partial charge in [0.15, 0.2) is 0 Å². The maximum Gasteiger partial charge on any atom is 0.282 e. The molecule has 0 heterocycles. The van der Waals surface area contributed by atoms with Crippen molar-refractivity contribution in [3.05, 3.63) is 69.8 Å². The Kier molecular flexibility index (Phi) is 5.51. The number of rotatable bonds is 6. The Labute approximate surface area is 131 Å².